The first-order chi connectivity index (χ1) is 9.54. The Bertz CT molecular complexity index is 613. The Labute approximate surface area is 115 Å². The Morgan fingerprint density at radius 3 is 2.90 bits per heavy atom. The van der Waals surface area contributed by atoms with Crippen molar-refractivity contribution in [2.24, 2.45) is 5.41 Å². The molecule has 0 saturated carbocycles. The van der Waals surface area contributed by atoms with Crippen molar-refractivity contribution in [3.05, 3.63) is 39.7 Å². The summed E-state index contributed by atoms with van der Waals surface area (Å²) < 4.78 is 19.1. The highest BCUT2D eigenvalue weighted by Gasteiger charge is 2.53. The zero-order chi connectivity index (χ0) is 14.3. The molecule has 6 heteroatoms. The van der Waals surface area contributed by atoms with Gasteiger partial charge in [0.2, 0.25) is 0 Å². The van der Waals surface area contributed by atoms with Gasteiger partial charge >= 0.3 is 0 Å². The van der Waals surface area contributed by atoms with E-state index in [9.17, 15) is 19.8 Å². The van der Waals surface area contributed by atoms with Crippen LogP contribution in [0.4, 0.5) is 10.1 Å². The van der Waals surface area contributed by atoms with Crippen LogP contribution in [-0.4, -0.2) is 17.1 Å². The average Bonchev–Trinajstić information content (AvgIpc) is 2.99. The zero-order valence-electron chi connectivity index (χ0n) is 10.7. The number of nitrogens with zero attached hydrogens (tertiary/aromatic N) is 2. The molecule has 2 fully saturated rings. The number of nitro groups is 1. The monoisotopic (exact) mass is 276 g/mol. The van der Waals surface area contributed by atoms with E-state index in [1.807, 2.05) is 0 Å². The van der Waals surface area contributed by atoms with E-state index < -0.39 is 16.2 Å². The van der Waals surface area contributed by atoms with Gasteiger partial charge in [-0.25, -0.2) is 4.39 Å². The Balaban J connectivity index is 1.96. The Kier molecular flexibility index (Phi) is 2.94. The molecule has 0 aromatic heterocycles. The quantitative estimate of drug-likeness (QED) is 0.628. The molecule has 3 rings (SSSR count). The summed E-state index contributed by atoms with van der Waals surface area (Å²) in [6.07, 6.45) is 2.33. The fourth-order valence-corrected chi connectivity index (χ4v) is 3.36. The maximum absolute atomic E-state index is 13.4. The minimum Gasteiger partial charge on any atom is -0.373 e. The predicted octanol–water partition coefficient (Wildman–Crippen LogP) is 2.74. The molecule has 3 unspecified atom stereocenters. The van der Waals surface area contributed by atoms with Gasteiger partial charge in [-0.2, -0.15) is 5.26 Å². The number of halogens is 1. The van der Waals surface area contributed by atoms with E-state index in [4.69, 9.17) is 4.74 Å². The molecule has 0 amide bonds. The topological polar surface area (TPSA) is 76.2 Å². The summed E-state index contributed by atoms with van der Waals surface area (Å²) in [6.45, 7) is 0. The number of fused-ring (bicyclic) bond motifs is 2. The lowest BCUT2D eigenvalue weighted by Gasteiger charge is -2.28. The number of hydrogen-bond acceptors (Lipinski definition) is 4. The molecule has 2 bridgehead atoms. The lowest BCUT2D eigenvalue weighted by atomic mass is 9.71. The van der Waals surface area contributed by atoms with Gasteiger partial charge in [0.25, 0.3) is 5.69 Å². The molecule has 2 aliphatic heterocycles. The number of nitriles is 1. The highest BCUT2D eigenvalue weighted by atomic mass is 19.1. The molecular weight excluding hydrogens is 263 g/mol. The first-order valence-corrected chi connectivity index (χ1v) is 6.53. The van der Waals surface area contributed by atoms with Gasteiger partial charge in [-0.05, 0) is 31.4 Å². The standard InChI is InChI=1S/C14H13FN2O3/c15-10-1-3-12(17(18)19)9(5-10)6-14(8-16)7-11-2-4-13(14)20-11/h1,3,5,11,13H,2,4,6-7H2. The van der Waals surface area contributed by atoms with E-state index in [1.165, 1.54) is 0 Å². The maximum atomic E-state index is 13.4. The van der Waals surface area contributed by atoms with E-state index in [0.29, 0.717) is 6.42 Å². The number of nitro benzene ring substituents is 1. The second-order valence-electron chi connectivity index (χ2n) is 5.50. The molecule has 3 atom stereocenters. The van der Waals surface area contributed by atoms with E-state index in [0.717, 1.165) is 31.0 Å². The summed E-state index contributed by atoms with van der Waals surface area (Å²) in [7, 11) is 0. The van der Waals surface area contributed by atoms with Crippen LogP contribution in [-0.2, 0) is 11.2 Å². The summed E-state index contributed by atoms with van der Waals surface area (Å²) in [6, 6.07) is 5.65. The Hall–Kier alpha value is -2.00. The molecule has 0 spiro atoms. The van der Waals surface area contributed by atoms with Gasteiger partial charge in [0.1, 0.15) is 5.82 Å². The van der Waals surface area contributed by atoms with Gasteiger partial charge in [-0.1, -0.05) is 0 Å². The molecule has 2 heterocycles. The second kappa shape index (κ2) is 4.53. The van der Waals surface area contributed by atoms with Crippen molar-refractivity contribution in [1.29, 1.82) is 5.26 Å². The molecule has 0 radical (unpaired) electrons. The van der Waals surface area contributed by atoms with Crippen LogP contribution in [0.5, 0.6) is 0 Å². The first-order valence-electron chi connectivity index (χ1n) is 6.53. The van der Waals surface area contributed by atoms with Crippen LogP contribution in [0.25, 0.3) is 0 Å². The summed E-state index contributed by atoms with van der Waals surface area (Å²) in [5.41, 5.74) is -0.627. The molecule has 5 nitrogen and oxygen atoms in total. The fourth-order valence-electron chi connectivity index (χ4n) is 3.36. The van der Waals surface area contributed by atoms with Crippen LogP contribution in [0.2, 0.25) is 0 Å². The smallest absolute Gasteiger partial charge is 0.272 e. The third-order valence-electron chi connectivity index (χ3n) is 4.28. The molecule has 1 aromatic carbocycles. The van der Waals surface area contributed by atoms with E-state index >= 15 is 0 Å². The van der Waals surface area contributed by atoms with Crippen molar-refractivity contribution in [2.75, 3.05) is 0 Å². The second-order valence-corrected chi connectivity index (χ2v) is 5.50. The van der Waals surface area contributed by atoms with Crippen molar-refractivity contribution in [3.8, 4) is 6.07 Å². The Morgan fingerprint density at radius 1 is 1.55 bits per heavy atom. The molecule has 0 N–H and O–H groups in total. The van der Waals surface area contributed by atoms with Gasteiger partial charge in [-0.15, -0.1) is 0 Å². The van der Waals surface area contributed by atoms with Crippen molar-refractivity contribution in [1.82, 2.24) is 0 Å². The number of benzene rings is 1. The third kappa shape index (κ3) is 1.95. The first kappa shape index (κ1) is 13.0. The molecule has 0 aliphatic carbocycles. The van der Waals surface area contributed by atoms with Gasteiger partial charge in [-0.3, -0.25) is 10.1 Å². The molecule has 2 saturated heterocycles. The van der Waals surface area contributed by atoms with Crippen LogP contribution in [0.15, 0.2) is 18.2 Å². The summed E-state index contributed by atoms with van der Waals surface area (Å²) >= 11 is 0. The van der Waals surface area contributed by atoms with Gasteiger partial charge < -0.3 is 4.74 Å². The third-order valence-corrected chi connectivity index (χ3v) is 4.28. The molecule has 20 heavy (non-hydrogen) atoms. The van der Waals surface area contributed by atoms with Crippen LogP contribution in [0.1, 0.15) is 24.8 Å². The van der Waals surface area contributed by atoms with Crippen molar-refractivity contribution < 1.29 is 14.1 Å². The lowest BCUT2D eigenvalue weighted by molar-refractivity contribution is -0.385. The minimum atomic E-state index is -0.762. The fraction of sp³-hybridized carbons (Fsp3) is 0.500. The van der Waals surface area contributed by atoms with E-state index in [2.05, 4.69) is 6.07 Å². The van der Waals surface area contributed by atoms with Gasteiger partial charge in [0, 0.05) is 18.1 Å². The van der Waals surface area contributed by atoms with Crippen LogP contribution in [0.3, 0.4) is 0 Å². The van der Waals surface area contributed by atoms with Crippen molar-refractivity contribution in [3.63, 3.8) is 0 Å². The van der Waals surface area contributed by atoms with Crippen molar-refractivity contribution in [2.45, 2.75) is 37.9 Å². The van der Waals surface area contributed by atoms with Crippen molar-refractivity contribution >= 4 is 5.69 Å². The maximum Gasteiger partial charge on any atom is 0.272 e. The summed E-state index contributed by atoms with van der Waals surface area (Å²) in [4.78, 5) is 10.5. The number of rotatable bonds is 3. The van der Waals surface area contributed by atoms with Crippen LogP contribution < -0.4 is 0 Å². The van der Waals surface area contributed by atoms with Crippen LogP contribution in [0, 0.1) is 32.7 Å². The molecular formula is C14H13FN2O3. The average molecular weight is 276 g/mol. The molecule has 2 aliphatic rings. The SMILES string of the molecule is N#CC1(Cc2cc(F)ccc2[N+](=O)[O-])CC2CCC1O2. The highest BCUT2D eigenvalue weighted by Crippen LogP contribution is 2.49. The highest BCUT2D eigenvalue weighted by molar-refractivity contribution is 5.42. The molecule has 1 aromatic rings. The predicted molar refractivity (Wildman–Crippen MR) is 67.3 cm³/mol. The van der Waals surface area contributed by atoms with Gasteiger partial charge in [0.15, 0.2) is 0 Å². The van der Waals surface area contributed by atoms with E-state index in [-0.39, 0.29) is 29.9 Å². The summed E-state index contributed by atoms with van der Waals surface area (Å²) in [5, 5.41) is 20.5. The van der Waals surface area contributed by atoms with Gasteiger partial charge in [0.05, 0.1) is 28.6 Å². The van der Waals surface area contributed by atoms with Crippen LogP contribution >= 0.6 is 0 Å². The largest absolute Gasteiger partial charge is 0.373 e. The molecule has 104 valence electrons. The Morgan fingerprint density at radius 2 is 2.35 bits per heavy atom. The van der Waals surface area contributed by atoms with E-state index in [1.54, 1.807) is 0 Å². The number of ether oxygens (including phenoxy) is 1. The minimum absolute atomic E-state index is 0.0623. The lowest BCUT2D eigenvalue weighted by Crippen LogP contribution is -2.33. The number of hydrogen-bond donors (Lipinski definition) is 0. The summed E-state index contributed by atoms with van der Waals surface area (Å²) in [5.74, 6) is -0.525. The zero-order valence-corrected chi connectivity index (χ0v) is 10.7. The normalized spacial score (nSPS) is 31.2.